The number of rotatable bonds is 4. The topological polar surface area (TPSA) is 82.2 Å². The van der Waals surface area contributed by atoms with Crippen LogP contribution in [0.1, 0.15) is 43.1 Å². The first kappa shape index (κ1) is 17.7. The van der Waals surface area contributed by atoms with Gasteiger partial charge in [-0.25, -0.2) is 0 Å². The van der Waals surface area contributed by atoms with Gasteiger partial charge in [-0.3, -0.25) is 19.7 Å². The minimum atomic E-state index is -0.392. The predicted octanol–water partition coefficient (Wildman–Crippen LogP) is 2.34. The van der Waals surface area contributed by atoms with Gasteiger partial charge in [0.2, 0.25) is 5.91 Å². The van der Waals surface area contributed by atoms with Crippen molar-refractivity contribution in [2.24, 2.45) is 5.41 Å². The number of likely N-dealkylation sites (tertiary alicyclic amines) is 2. The summed E-state index contributed by atoms with van der Waals surface area (Å²) in [5, 5.41) is 7.11. The van der Waals surface area contributed by atoms with Gasteiger partial charge in [-0.2, -0.15) is 5.10 Å². The van der Waals surface area contributed by atoms with Gasteiger partial charge < -0.3 is 9.80 Å². The van der Waals surface area contributed by atoms with Gasteiger partial charge in [0.15, 0.2) is 0 Å². The van der Waals surface area contributed by atoms with Crippen molar-refractivity contribution >= 4 is 11.8 Å². The van der Waals surface area contributed by atoms with Gasteiger partial charge in [-0.05, 0) is 43.9 Å². The summed E-state index contributed by atoms with van der Waals surface area (Å²) in [6.45, 7) is 4.88. The first-order valence-corrected chi connectivity index (χ1v) is 9.67. The molecule has 7 heteroatoms. The Labute approximate surface area is 158 Å². The largest absolute Gasteiger partial charge is 0.342 e. The summed E-state index contributed by atoms with van der Waals surface area (Å²) in [5.74, 6) is 0.146. The van der Waals surface area contributed by atoms with Crippen molar-refractivity contribution < 1.29 is 9.59 Å². The summed E-state index contributed by atoms with van der Waals surface area (Å²) >= 11 is 0. The Balaban J connectivity index is 1.48. The van der Waals surface area contributed by atoms with E-state index in [4.69, 9.17) is 0 Å². The average Bonchev–Trinajstić information content (AvgIpc) is 3.35. The Hall–Kier alpha value is -2.70. The molecule has 4 rings (SSSR count). The van der Waals surface area contributed by atoms with Gasteiger partial charge in [0.05, 0.1) is 11.1 Å². The Morgan fingerprint density at radius 3 is 2.85 bits per heavy atom. The Morgan fingerprint density at radius 2 is 2.07 bits per heavy atom. The van der Waals surface area contributed by atoms with Crippen molar-refractivity contribution in [2.75, 3.05) is 26.2 Å². The fraction of sp³-hybridized carbons (Fsp3) is 0.500. The molecule has 2 saturated heterocycles. The van der Waals surface area contributed by atoms with E-state index in [9.17, 15) is 9.59 Å². The van der Waals surface area contributed by atoms with E-state index in [2.05, 4.69) is 22.1 Å². The lowest BCUT2D eigenvalue weighted by atomic mass is 9.78. The molecule has 27 heavy (non-hydrogen) atoms. The molecule has 4 heterocycles. The van der Waals surface area contributed by atoms with Crippen LogP contribution < -0.4 is 0 Å². The zero-order valence-corrected chi connectivity index (χ0v) is 15.6. The fourth-order valence-corrected chi connectivity index (χ4v) is 4.33. The molecule has 1 unspecified atom stereocenters. The van der Waals surface area contributed by atoms with E-state index in [1.807, 2.05) is 17.0 Å². The summed E-state index contributed by atoms with van der Waals surface area (Å²) in [4.78, 5) is 33.7. The van der Waals surface area contributed by atoms with E-state index in [0.717, 1.165) is 50.0 Å². The summed E-state index contributed by atoms with van der Waals surface area (Å²) in [7, 11) is 0. The van der Waals surface area contributed by atoms with Crippen LogP contribution in [0.3, 0.4) is 0 Å². The van der Waals surface area contributed by atoms with Gasteiger partial charge in [0, 0.05) is 44.1 Å². The molecule has 0 aromatic carbocycles. The van der Waals surface area contributed by atoms with E-state index < -0.39 is 5.41 Å². The van der Waals surface area contributed by atoms with Crippen molar-refractivity contribution in [1.29, 1.82) is 0 Å². The lowest BCUT2D eigenvalue weighted by Gasteiger charge is -2.39. The van der Waals surface area contributed by atoms with Crippen LogP contribution >= 0.6 is 0 Å². The van der Waals surface area contributed by atoms with Crippen LogP contribution in [0.25, 0.3) is 11.3 Å². The molecule has 2 aliphatic heterocycles. The molecule has 2 fully saturated rings. The number of pyridine rings is 1. The van der Waals surface area contributed by atoms with Gasteiger partial charge in [0.1, 0.15) is 5.69 Å². The number of amides is 2. The average molecular weight is 367 g/mol. The molecule has 0 saturated carbocycles. The van der Waals surface area contributed by atoms with Crippen LogP contribution in [-0.2, 0) is 4.79 Å². The minimum absolute atomic E-state index is 0.0832. The number of aromatic amines is 1. The number of nitrogens with zero attached hydrogens (tertiary/aromatic N) is 4. The highest BCUT2D eigenvalue weighted by Gasteiger charge is 2.49. The maximum atomic E-state index is 13.0. The van der Waals surface area contributed by atoms with Crippen LogP contribution in [0.4, 0.5) is 0 Å². The third kappa shape index (κ3) is 3.22. The molecule has 2 aliphatic rings. The third-order valence-corrected chi connectivity index (χ3v) is 5.74. The van der Waals surface area contributed by atoms with Gasteiger partial charge in [0.25, 0.3) is 5.91 Å². The maximum absolute atomic E-state index is 13.0. The van der Waals surface area contributed by atoms with E-state index in [1.54, 1.807) is 23.4 Å². The molecule has 0 radical (unpaired) electrons. The number of aromatic nitrogens is 3. The summed E-state index contributed by atoms with van der Waals surface area (Å²) < 4.78 is 0. The van der Waals surface area contributed by atoms with E-state index in [0.29, 0.717) is 18.8 Å². The zero-order chi connectivity index (χ0) is 18.9. The maximum Gasteiger partial charge on any atom is 0.271 e. The van der Waals surface area contributed by atoms with E-state index >= 15 is 0 Å². The molecule has 1 N–H and O–H groups in total. The van der Waals surface area contributed by atoms with Crippen LogP contribution in [0.5, 0.6) is 0 Å². The number of hydrogen-bond donors (Lipinski definition) is 1. The molecule has 0 aliphatic carbocycles. The number of hydrogen-bond acceptors (Lipinski definition) is 4. The normalized spacial score (nSPS) is 22.6. The molecule has 2 aromatic rings. The van der Waals surface area contributed by atoms with Crippen LogP contribution in [0, 0.1) is 5.41 Å². The van der Waals surface area contributed by atoms with Gasteiger partial charge >= 0.3 is 0 Å². The van der Waals surface area contributed by atoms with Gasteiger partial charge in [-0.1, -0.05) is 6.92 Å². The second-order valence-corrected chi connectivity index (χ2v) is 7.56. The number of piperidine rings is 1. The summed E-state index contributed by atoms with van der Waals surface area (Å²) in [6.07, 6.45) is 7.02. The molecule has 1 atom stereocenters. The molecule has 0 bridgehead atoms. The lowest BCUT2D eigenvalue weighted by molar-refractivity contribution is -0.145. The second kappa shape index (κ2) is 7.13. The van der Waals surface area contributed by atoms with Crippen LogP contribution in [0.15, 0.2) is 30.6 Å². The van der Waals surface area contributed by atoms with Crippen molar-refractivity contribution in [1.82, 2.24) is 25.0 Å². The SMILES string of the molecule is CCCN1CCCC2(CCN(C(=O)c3cc(-c4ccncc4)n[nH]3)C2)C1=O. The highest BCUT2D eigenvalue weighted by molar-refractivity contribution is 5.94. The van der Waals surface area contributed by atoms with Crippen molar-refractivity contribution in [3.05, 3.63) is 36.3 Å². The van der Waals surface area contributed by atoms with Crippen molar-refractivity contribution in [3.63, 3.8) is 0 Å². The standard InChI is InChI=1S/C20H25N5O2/c1-2-10-24-11-3-6-20(19(24)27)7-12-25(14-20)18(26)17-13-16(22-23-17)15-4-8-21-9-5-15/h4-5,8-9,13H,2-3,6-7,10-12,14H2,1H3,(H,22,23). The molecule has 1 spiro atoms. The third-order valence-electron chi connectivity index (χ3n) is 5.74. The number of nitrogens with one attached hydrogen (secondary N) is 1. The molecule has 2 amide bonds. The summed E-state index contributed by atoms with van der Waals surface area (Å²) in [5.41, 5.74) is 1.71. The number of H-pyrrole nitrogens is 1. The minimum Gasteiger partial charge on any atom is -0.342 e. The van der Waals surface area contributed by atoms with Gasteiger partial charge in [-0.15, -0.1) is 0 Å². The molecular formula is C20H25N5O2. The first-order chi connectivity index (χ1) is 13.1. The lowest BCUT2D eigenvalue weighted by Crippen LogP contribution is -2.50. The quantitative estimate of drug-likeness (QED) is 0.899. The van der Waals surface area contributed by atoms with Crippen LogP contribution in [-0.4, -0.2) is 63.0 Å². The van der Waals surface area contributed by atoms with Crippen molar-refractivity contribution in [3.8, 4) is 11.3 Å². The number of carbonyl (C=O) groups is 2. The Bertz CT molecular complexity index is 832. The monoisotopic (exact) mass is 367 g/mol. The summed E-state index contributed by atoms with van der Waals surface area (Å²) in [6, 6.07) is 5.49. The van der Waals surface area contributed by atoms with Crippen molar-refractivity contribution in [2.45, 2.75) is 32.6 Å². The molecular weight excluding hydrogens is 342 g/mol. The zero-order valence-electron chi connectivity index (χ0n) is 15.6. The smallest absolute Gasteiger partial charge is 0.271 e. The predicted molar refractivity (Wildman–Crippen MR) is 101 cm³/mol. The van der Waals surface area contributed by atoms with Crippen LogP contribution in [0.2, 0.25) is 0 Å². The number of carbonyl (C=O) groups excluding carboxylic acids is 2. The molecule has 2 aromatic heterocycles. The molecule has 7 nitrogen and oxygen atoms in total. The Morgan fingerprint density at radius 1 is 1.26 bits per heavy atom. The Kier molecular flexibility index (Phi) is 4.68. The highest BCUT2D eigenvalue weighted by atomic mass is 16.2. The fourth-order valence-electron chi connectivity index (χ4n) is 4.33. The van der Waals surface area contributed by atoms with E-state index in [1.165, 1.54) is 0 Å². The second-order valence-electron chi connectivity index (χ2n) is 7.56. The highest BCUT2D eigenvalue weighted by Crippen LogP contribution is 2.40. The van der Waals surface area contributed by atoms with E-state index in [-0.39, 0.29) is 11.8 Å². The molecule has 142 valence electrons. The first-order valence-electron chi connectivity index (χ1n) is 9.67.